The van der Waals surface area contributed by atoms with Gasteiger partial charge in [0.05, 0.1) is 14.3 Å². The maximum absolute atomic E-state index is 15.0. The zero-order chi connectivity index (χ0) is 23.0. The molecular formula is C26H27F4OP. The van der Waals surface area contributed by atoms with E-state index in [0.717, 1.165) is 24.6 Å². The molecule has 0 aliphatic heterocycles. The smallest absolute Gasteiger partial charge is 0.198 e. The van der Waals surface area contributed by atoms with Gasteiger partial charge in [0.15, 0.2) is 23.3 Å². The summed E-state index contributed by atoms with van der Waals surface area (Å²) >= 11 is 0. The maximum atomic E-state index is 15.0. The van der Waals surface area contributed by atoms with Gasteiger partial charge in [0.2, 0.25) is 0 Å². The van der Waals surface area contributed by atoms with Gasteiger partial charge in [0, 0.05) is 21.4 Å². The molecule has 6 heteroatoms. The van der Waals surface area contributed by atoms with Gasteiger partial charge in [-0.05, 0) is 30.6 Å². The molecule has 1 unspecified atom stereocenters. The Morgan fingerprint density at radius 3 is 2.22 bits per heavy atom. The number of hydrogen-bond donors (Lipinski definition) is 0. The fourth-order valence-electron chi connectivity index (χ4n) is 4.74. The third-order valence-electron chi connectivity index (χ3n) is 6.49. The molecule has 0 saturated heterocycles. The topological polar surface area (TPSA) is 9.23 Å². The number of fused-ring (bicyclic) bond motifs is 1. The highest BCUT2D eigenvalue weighted by Gasteiger charge is 2.35. The van der Waals surface area contributed by atoms with Crippen molar-refractivity contribution in [3.63, 3.8) is 0 Å². The molecule has 0 N–H and O–H groups in total. The summed E-state index contributed by atoms with van der Waals surface area (Å²) in [6.45, 7) is 6.54. The minimum absolute atomic E-state index is 0.0569. The Morgan fingerprint density at radius 1 is 0.844 bits per heavy atom. The van der Waals surface area contributed by atoms with Gasteiger partial charge in [-0.15, -0.1) is 0 Å². The standard InChI is InChI=1S/C26H27F4OP/c1-15(2)18-13-12-16(3)14-20(18)31-32(17-8-5-4-6-9-17)21-11-7-10-19-22(21)24(28)26(30)25(29)23(19)27/h4-11,15-16,18,20H,12-14H2,1-3H3/t16-,18+,20-,32?/m1/s1. The van der Waals surface area contributed by atoms with Crippen LogP contribution >= 0.6 is 8.15 Å². The quantitative estimate of drug-likeness (QED) is 0.168. The molecule has 4 rings (SSSR count). The van der Waals surface area contributed by atoms with Crippen molar-refractivity contribution in [3.05, 3.63) is 71.8 Å². The molecule has 1 fully saturated rings. The van der Waals surface area contributed by atoms with Crippen LogP contribution in [0.25, 0.3) is 10.8 Å². The van der Waals surface area contributed by atoms with Crippen molar-refractivity contribution in [2.45, 2.75) is 46.1 Å². The van der Waals surface area contributed by atoms with Gasteiger partial charge in [0.25, 0.3) is 0 Å². The van der Waals surface area contributed by atoms with Crippen LogP contribution in [0, 0.1) is 41.0 Å². The normalized spacial score (nSPS) is 22.4. The summed E-state index contributed by atoms with van der Waals surface area (Å²) in [6.07, 6.45) is 2.99. The van der Waals surface area contributed by atoms with Gasteiger partial charge in [-0.2, -0.15) is 0 Å². The van der Waals surface area contributed by atoms with Gasteiger partial charge in [-0.3, -0.25) is 0 Å². The van der Waals surface area contributed by atoms with Crippen LogP contribution < -0.4 is 10.6 Å². The first-order chi connectivity index (χ1) is 15.3. The highest BCUT2D eigenvalue weighted by Crippen LogP contribution is 2.46. The molecule has 4 atom stereocenters. The number of rotatable bonds is 5. The fourth-order valence-corrected chi connectivity index (χ4v) is 6.85. The lowest BCUT2D eigenvalue weighted by Crippen LogP contribution is -2.35. The summed E-state index contributed by atoms with van der Waals surface area (Å²) in [6, 6.07) is 13.8. The van der Waals surface area contributed by atoms with Crippen molar-refractivity contribution in [2.24, 2.45) is 17.8 Å². The molecule has 0 amide bonds. The molecule has 0 radical (unpaired) electrons. The molecular weight excluding hydrogens is 435 g/mol. The summed E-state index contributed by atoms with van der Waals surface area (Å²) in [7, 11) is -1.59. The second kappa shape index (κ2) is 9.49. The van der Waals surface area contributed by atoms with Gasteiger partial charge < -0.3 is 4.52 Å². The first-order valence-electron chi connectivity index (χ1n) is 11.1. The SMILES string of the molecule is CC(C)[C@@H]1CC[C@@H](C)C[C@H]1OP(c1ccccc1)c1cccc2c(F)c(F)c(F)c(F)c12. The van der Waals surface area contributed by atoms with Crippen LogP contribution in [0.2, 0.25) is 0 Å². The molecule has 0 aromatic heterocycles. The molecule has 170 valence electrons. The predicted octanol–water partition coefficient (Wildman–Crippen LogP) is 7.22. The Kier molecular flexibility index (Phi) is 6.88. The van der Waals surface area contributed by atoms with Crippen molar-refractivity contribution >= 4 is 29.5 Å². The highest BCUT2D eigenvalue weighted by molar-refractivity contribution is 7.69. The monoisotopic (exact) mass is 462 g/mol. The molecule has 1 nitrogen and oxygen atoms in total. The third-order valence-corrected chi connectivity index (χ3v) is 8.55. The molecule has 0 heterocycles. The van der Waals surface area contributed by atoms with E-state index in [-0.39, 0.29) is 16.9 Å². The van der Waals surface area contributed by atoms with Crippen LogP contribution in [0.1, 0.15) is 40.0 Å². The predicted molar refractivity (Wildman–Crippen MR) is 123 cm³/mol. The Hall–Kier alpha value is -1.97. The van der Waals surface area contributed by atoms with Gasteiger partial charge in [0.1, 0.15) is 0 Å². The Morgan fingerprint density at radius 2 is 1.53 bits per heavy atom. The third kappa shape index (κ3) is 4.30. The van der Waals surface area contributed by atoms with Crippen molar-refractivity contribution in [1.29, 1.82) is 0 Å². The summed E-state index contributed by atoms with van der Waals surface area (Å²) in [5.41, 5.74) is 0. The molecule has 0 bridgehead atoms. The van der Waals surface area contributed by atoms with E-state index >= 15 is 0 Å². The Balaban J connectivity index is 1.88. The number of hydrogen-bond acceptors (Lipinski definition) is 1. The summed E-state index contributed by atoms with van der Waals surface area (Å²) in [5, 5.41) is 0.659. The van der Waals surface area contributed by atoms with Crippen LogP contribution in [-0.2, 0) is 4.52 Å². The maximum Gasteiger partial charge on any atom is 0.198 e. The zero-order valence-electron chi connectivity index (χ0n) is 18.4. The first-order valence-corrected chi connectivity index (χ1v) is 12.3. The minimum atomic E-state index is -1.79. The molecule has 32 heavy (non-hydrogen) atoms. The van der Waals surface area contributed by atoms with Crippen LogP contribution in [0.15, 0.2) is 48.5 Å². The second-order valence-electron chi connectivity index (χ2n) is 9.06. The number of halogens is 4. The van der Waals surface area contributed by atoms with Crippen molar-refractivity contribution in [1.82, 2.24) is 0 Å². The summed E-state index contributed by atoms with van der Waals surface area (Å²) < 4.78 is 64.4. The highest BCUT2D eigenvalue weighted by atomic mass is 31.1. The van der Waals surface area contributed by atoms with Gasteiger partial charge in [-0.1, -0.05) is 75.7 Å². The van der Waals surface area contributed by atoms with Gasteiger partial charge >= 0.3 is 0 Å². The van der Waals surface area contributed by atoms with Crippen LogP contribution in [-0.4, -0.2) is 6.10 Å². The average molecular weight is 462 g/mol. The van der Waals surface area contributed by atoms with Crippen molar-refractivity contribution < 1.29 is 22.1 Å². The van der Waals surface area contributed by atoms with Gasteiger partial charge in [-0.25, -0.2) is 17.6 Å². The largest absolute Gasteiger partial charge is 0.346 e. The first kappa shape index (κ1) is 23.2. The molecule has 3 aromatic carbocycles. The lowest BCUT2D eigenvalue weighted by Gasteiger charge is -2.39. The molecule has 1 aliphatic rings. The minimum Gasteiger partial charge on any atom is -0.346 e. The average Bonchev–Trinajstić information content (AvgIpc) is 2.79. The van der Waals surface area contributed by atoms with Crippen LogP contribution in [0.3, 0.4) is 0 Å². The summed E-state index contributed by atoms with van der Waals surface area (Å²) in [5.74, 6) is -5.10. The summed E-state index contributed by atoms with van der Waals surface area (Å²) in [4.78, 5) is 0. The molecule has 0 spiro atoms. The zero-order valence-corrected chi connectivity index (χ0v) is 19.3. The van der Waals surface area contributed by atoms with Crippen molar-refractivity contribution in [2.75, 3.05) is 0 Å². The van der Waals surface area contributed by atoms with Crippen LogP contribution in [0.4, 0.5) is 17.6 Å². The van der Waals surface area contributed by atoms with Crippen LogP contribution in [0.5, 0.6) is 0 Å². The Labute approximate surface area is 187 Å². The lowest BCUT2D eigenvalue weighted by atomic mass is 9.75. The van der Waals surface area contributed by atoms with E-state index < -0.39 is 31.4 Å². The van der Waals surface area contributed by atoms with E-state index in [0.29, 0.717) is 23.1 Å². The lowest BCUT2D eigenvalue weighted by molar-refractivity contribution is 0.0576. The molecule has 1 saturated carbocycles. The second-order valence-corrected chi connectivity index (χ2v) is 10.9. The van der Waals surface area contributed by atoms with Crippen molar-refractivity contribution in [3.8, 4) is 0 Å². The number of benzene rings is 3. The Bertz CT molecular complexity index is 1100. The van der Waals surface area contributed by atoms with E-state index in [1.165, 1.54) is 6.07 Å². The molecule has 1 aliphatic carbocycles. The van der Waals surface area contributed by atoms with E-state index in [1.807, 2.05) is 30.3 Å². The van der Waals surface area contributed by atoms with E-state index in [2.05, 4.69) is 20.8 Å². The molecule has 3 aromatic rings. The van der Waals surface area contributed by atoms with E-state index in [4.69, 9.17) is 4.52 Å². The fraction of sp³-hybridized carbons (Fsp3) is 0.385. The van der Waals surface area contributed by atoms with E-state index in [1.54, 1.807) is 12.1 Å². The van der Waals surface area contributed by atoms with E-state index in [9.17, 15) is 17.6 Å².